The Morgan fingerprint density at radius 3 is 3.12 bits per heavy atom. The van der Waals surface area contributed by atoms with Crippen LogP contribution in [0.4, 0.5) is 0 Å². The first-order valence-electron chi connectivity index (χ1n) is 5.73. The molecule has 0 aliphatic carbocycles. The molecule has 0 spiro atoms. The zero-order valence-corrected chi connectivity index (χ0v) is 9.72. The van der Waals surface area contributed by atoms with Crippen LogP contribution in [-0.2, 0) is 11.3 Å². The summed E-state index contributed by atoms with van der Waals surface area (Å²) < 4.78 is 5.53. The van der Waals surface area contributed by atoms with Gasteiger partial charge in [-0.1, -0.05) is 6.07 Å². The molecule has 1 aliphatic rings. The lowest BCUT2D eigenvalue weighted by Gasteiger charge is -2.31. The quantitative estimate of drug-likeness (QED) is 0.810. The van der Waals surface area contributed by atoms with Crippen LogP contribution in [0.5, 0.6) is 0 Å². The largest absolute Gasteiger partial charge is 0.374 e. The Morgan fingerprint density at radius 2 is 2.44 bits per heavy atom. The number of ether oxygens (including phenoxy) is 1. The second kappa shape index (κ2) is 5.39. The average molecular weight is 221 g/mol. The van der Waals surface area contributed by atoms with E-state index in [1.54, 1.807) is 0 Å². The topological polar surface area (TPSA) is 51.4 Å². The summed E-state index contributed by atoms with van der Waals surface area (Å²) in [5.74, 6) is 0. The van der Waals surface area contributed by atoms with Crippen LogP contribution in [0.1, 0.15) is 11.3 Å². The molecule has 1 aromatic heterocycles. The molecule has 4 heteroatoms. The molecule has 1 unspecified atom stereocenters. The van der Waals surface area contributed by atoms with Gasteiger partial charge in [-0.25, -0.2) is 0 Å². The number of rotatable bonds is 3. The number of aryl methyl sites for hydroxylation is 1. The lowest BCUT2D eigenvalue weighted by Crippen LogP contribution is -2.45. The van der Waals surface area contributed by atoms with Crippen LogP contribution in [0.2, 0.25) is 0 Å². The lowest BCUT2D eigenvalue weighted by molar-refractivity contribution is -0.0264. The monoisotopic (exact) mass is 221 g/mol. The average Bonchev–Trinajstić information content (AvgIpc) is 2.32. The van der Waals surface area contributed by atoms with E-state index in [-0.39, 0.29) is 6.10 Å². The Morgan fingerprint density at radius 1 is 1.56 bits per heavy atom. The Bertz CT molecular complexity index is 326. The summed E-state index contributed by atoms with van der Waals surface area (Å²) in [6.45, 7) is 6.18. The number of hydrogen-bond acceptors (Lipinski definition) is 4. The van der Waals surface area contributed by atoms with Crippen molar-refractivity contribution in [1.29, 1.82) is 0 Å². The fraction of sp³-hybridized carbons (Fsp3) is 0.583. The summed E-state index contributed by atoms with van der Waals surface area (Å²) in [7, 11) is 0. The number of nitrogens with two attached hydrogens (primary N) is 1. The highest BCUT2D eigenvalue weighted by Gasteiger charge is 2.19. The lowest BCUT2D eigenvalue weighted by atomic mass is 10.2. The molecule has 16 heavy (non-hydrogen) atoms. The fourth-order valence-corrected chi connectivity index (χ4v) is 1.89. The third kappa shape index (κ3) is 3.01. The van der Waals surface area contributed by atoms with Gasteiger partial charge in [0.1, 0.15) is 0 Å². The van der Waals surface area contributed by atoms with Gasteiger partial charge in [0.05, 0.1) is 18.4 Å². The van der Waals surface area contributed by atoms with Gasteiger partial charge < -0.3 is 10.5 Å². The molecular weight excluding hydrogens is 202 g/mol. The number of morpholine rings is 1. The van der Waals surface area contributed by atoms with E-state index in [1.807, 2.05) is 6.20 Å². The molecule has 1 saturated heterocycles. The van der Waals surface area contributed by atoms with Crippen molar-refractivity contribution in [3.05, 3.63) is 29.6 Å². The standard InChI is InChI=1S/C12H19N3O/c1-10-2-3-11(14-7-10)8-15-4-5-16-12(6-13)9-15/h2-3,7,12H,4-6,8-9,13H2,1H3. The van der Waals surface area contributed by atoms with Crippen molar-refractivity contribution in [2.24, 2.45) is 5.73 Å². The van der Waals surface area contributed by atoms with Gasteiger partial charge in [-0.05, 0) is 18.6 Å². The normalized spacial score (nSPS) is 22.2. The Labute approximate surface area is 96.4 Å². The van der Waals surface area contributed by atoms with Gasteiger partial charge in [0, 0.05) is 32.4 Å². The van der Waals surface area contributed by atoms with E-state index in [0.717, 1.165) is 31.9 Å². The van der Waals surface area contributed by atoms with Crippen LogP contribution < -0.4 is 5.73 Å². The van der Waals surface area contributed by atoms with Crippen LogP contribution >= 0.6 is 0 Å². The molecule has 2 heterocycles. The maximum absolute atomic E-state index is 5.61. The van der Waals surface area contributed by atoms with Gasteiger partial charge in [0.15, 0.2) is 0 Å². The smallest absolute Gasteiger partial charge is 0.0824 e. The molecule has 0 saturated carbocycles. The fourth-order valence-electron chi connectivity index (χ4n) is 1.89. The summed E-state index contributed by atoms with van der Waals surface area (Å²) >= 11 is 0. The van der Waals surface area contributed by atoms with Crippen molar-refractivity contribution in [1.82, 2.24) is 9.88 Å². The van der Waals surface area contributed by atoms with Crippen molar-refractivity contribution in [2.45, 2.75) is 19.6 Å². The predicted octanol–water partition coefficient (Wildman–Crippen LogP) is 0.550. The van der Waals surface area contributed by atoms with E-state index >= 15 is 0 Å². The maximum Gasteiger partial charge on any atom is 0.0824 e. The van der Waals surface area contributed by atoms with Crippen LogP contribution in [0.15, 0.2) is 18.3 Å². The Balaban J connectivity index is 1.91. The second-order valence-electron chi connectivity index (χ2n) is 4.29. The molecule has 0 radical (unpaired) electrons. The van der Waals surface area contributed by atoms with Gasteiger partial charge in [0.2, 0.25) is 0 Å². The van der Waals surface area contributed by atoms with Crippen LogP contribution in [0.25, 0.3) is 0 Å². The summed E-state index contributed by atoms with van der Waals surface area (Å²) in [6.07, 6.45) is 2.09. The van der Waals surface area contributed by atoms with Gasteiger partial charge in [-0.3, -0.25) is 9.88 Å². The van der Waals surface area contributed by atoms with Gasteiger partial charge in [-0.2, -0.15) is 0 Å². The van der Waals surface area contributed by atoms with E-state index < -0.39 is 0 Å². The van der Waals surface area contributed by atoms with Gasteiger partial charge in [0.25, 0.3) is 0 Å². The molecule has 1 aromatic rings. The highest BCUT2D eigenvalue weighted by atomic mass is 16.5. The minimum Gasteiger partial charge on any atom is -0.374 e. The highest BCUT2D eigenvalue weighted by Crippen LogP contribution is 2.08. The van der Waals surface area contributed by atoms with Crippen LogP contribution in [0.3, 0.4) is 0 Å². The van der Waals surface area contributed by atoms with E-state index in [1.165, 1.54) is 5.56 Å². The van der Waals surface area contributed by atoms with E-state index in [0.29, 0.717) is 6.54 Å². The zero-order chi connectivity index (χ0) is 11.4. The summed E-state index contributed by atoms with van der Waals surface area (Å²) in [5.41, 5.74) is 7.93. The number of pyridine rings is 1. The minimum atomic E-state index is 0.180. The maximum atomic E-state index is 5.61. The predicted molar refractivity (Wildman–Crippen MR) is 63.0 cm³/mol. The minimum absolute atomic E-state index is 0.180. The molecule has 0 aromatic carbocycles. The number of hydrogen-bond donors (Lipinski definition) is 1. The summed E-state index contributed by atoms with van der Waals surface area (Å²) in [6, 6.07) is 4.19. The summed E-state index contributed by atoms with van der Waals surface area (Å²) in [5, 5.41) is 0. The molecule has 1 aliphatic heterocycles. The molecule has 0 amide bonds. The first-order valence-corrected chi connectivity index (χ1v) is 5.73. The van der Waals surface area contributed by atoms with Crippen molar-refractivity contribution in [3.8, 4) is 0 Å². The van der Waals surface area contributed by atoms with Crippen molar-refractivity contribution >= 4 is 0 Å². The number of aromatic nitrogens is 1. The first kappa shape index (κ1) is 11.5. The van der Waals surface area contributed by atoms with Crippen LogP contribution in [-0.4, -0.2) is 42.2 Å². The van der Waals surface area contributed by atoms with E-state index in [4.69, 9.17) is 10.5 Å². The van der Waals surface area contributed by atoms with E-state index in [2.05, 4.69) is 28.9 Å². The molecule has 2 rings (SSSR count). The van der Waals surface area contributed by atoms with Crippen molar-refractivity contribution in [2.75, 3.05) is 26.2 Å². The zero-order valence-electron chi connectivity index (χ0n) is 9.72. The van der Waals surface area contributed by atoms with E-state index in [9.17, 15) is 0 Å². The first-order chi connectivity index (χ1) is 7.78. The van der Waals surface area contributed by atoms with Gasteiger partial charge >= 0.3 is 0 Å². The van der Waals surface area contributed by atoms with Crippen molar-refractivity contribution < 1.29 is 4.74 Å². The molecule has 1 atom stereocenters. The number of nitrogens with zero attached hydrogens (tertiary/aromatic N) is 2. The molecule has 0 bridgehead atoms. The third-order valence-electron chi connectivity index (χ3n) is 2.84. The molecule has 1 fully saturated rings. The van der Waals surface area contributed by atoms with Crippen molar-refractivity contribution in [3.63, 3.8) is 0 Å². The molecule has 4 nitrogen and oxygen atoms in total. The van der Waals surface area contributed by atoms with Crippen LogP contribution in [0, 0.1) is 6.92 Å². The highest BCUT2D eigenvalue weighted by molar-refractivity contribution is 5.12. The SMILES string of the molecule is Cc1ccc(CN2CCOC(CN)C2)nc1. The summed E-state index contributed by atoms with van der Waals surface area (Å²) in [4.78, 5) is 6.76. The Kier molecular flexibility index (Phi) is 3.88. The third-order valence-corrected chi connectivity index (χ3v) is 2.84. The molecular formula is C12H19N3O. The van der Waals surface area contributed by atoms with Gasteiger partial charge in [-0.15, -0.1) is 0 Å². The second-order valence-corrected chi connectivity index (χ2v) is 4.29. The Hall–Kier alpha value is -0.970. The molecule has 2 N–H and O–H groups in total. The molecule has 88 valence electrons.